The molecule has 0 bridgehead atoms. The van der Waals surface area contributed by atoms with Gasteiger partial charge < -0.3 is 9.64 Å². The second-order valence-electron chi connectivity index (χ2n) is 3.08. The maximum atomic E-state index is 5.13. The highest BCUT2D eigenvalue weighted by Gasteiger charge is 2.06. The summed E-state index contributed by atoms with van der Waals surface area (Å²) < 4.78 is 5.13. The fraction of sp³-hybridized carbons (Fsp3) is 1.00. The van der Waals surface area contributed by atoms with Gasteiger partial charge >= 0.3 is 0 Å². The minimum absolute atomic E-state index is 0.340. The van der Waals surface area contributed by atoms with Crippen LogP contribution in [0.15, 0.2) is 0 Å². The standard InChI is InChI=1S/C8H19NO/c1-7(2)9(4)6-8(3)10-5/h7-8H,6H2,1-5H3/t8-/m0/s1. The van der Waals surface area contributed by atoms with Crippen molar-refractivity contribution in [1.29, 1.82) is 0 Å². The van der Waals surface area contributed by atoms with Crippen molar-refractivity contribution in [1.82, 2.24) is 4.90 Å². The number of methoxy groups -OCH3 is 1. The van der Waals surface area contributed by atoms with Crippen molar-refractivity contribution in [2.75, 3.05) is 20.7 Å². The molecule has 0 aromatic carbocycles. The van der Waals surface area contributed by atoms with Gasteiger partial charge in [-0.1, -0.05) is 0 Å². The van der Waals surface area contributed by atoms with Crippen LogP contribution in [-0.4, -0.2) is 37.7 Å². The monoisotopic (exact) mass is 145 g/mol. The fourth-order valence-electron chi connectivity index (χ4n) is 0.691. The zero-order valence-corrected chi connectivity index (χ0v) is 7.72. The molecule has 10 heavy (non-hydrogen) atoms. The van der Waals surface area contributed by atoms with Gasteiger partial charge in [0.2, 0.25) is 0 Å². The van der Waals surface area contributed by atoms with Crippen LogP contribution in [0.3, 0.4) is 0 Å². The lowest BCUT2D eigenvalue weighted by atomic mass is 10.3. The number of nitrogens with zero attached hydrogens (tertiary/aromatic N) is 1. The SMILES string of the molecule is CO[C@@H](C)CN(C)C(C)C. The highest BCUT2D eigenvalue weighted by atomic mass is 16.5. The molecule has 0 radical (unpaired) electrons. The van der Waals surface area contributed by atoms with Gasteiger partial charge in [-0.25, -0.2) is 0 Å². The number of hydrogen-bond acceptors (Lipinski definition) is 2. The molecule has 0 aromatic heterocycles. The molecule has 2 nitrogen and oxygen atoms in total. The summed E-state index contributed by atoms with van der Waals surface area (Å²) in [6.07, 6.45) is 0.340. The minimum atomic E-state index is 0.340. The quantitative estimate of drug-likeness (QED) is 0.592. The summed E-state index contributed by atoms with van der Waals surface area (Å²) >= 11 is 0. The normalized spacial score (nSPS) is 14.7. The molecular formula is C8H19NO. The van der Waals surface area contributed by atoms with Gasteiger partial charge in [0.1, 0.15) is 0 Å². The van der Waals surface area contributed by atoms with E-state index in [0.29, 0.717) is 12.1 Å². The summed E-state index contributed by atoms with van der Waals surface area (Å²) in [5.74, 6) is 0. The third-order valence-electron chi connectivity index (χ3n) is 1.83. The fourth-order valence-corrected chi connectivity index (χ4v) is 0.691. The summed E-state index contributed by atoms with van der Waals surface area (Å²) in [6, 6.07) is 0.609. The summed E-state index contributed by atoms with van der Waals surface area (Å²) in [7, 11) is 3.86. The molecule has 62 valence electrons. The van der Waals surface area contributed by atoms with Crippen molar-refractivity contribution in [2.45, 2.75) is 32.9 Å². The first-order chi connectivity index (χ1) is 4.57. The number of hydrogen-bond donors (Lipinski definition) is 0. The van der Waals surface area contributed by atoms with Crippen LogP contribution >= 0.6 is 0 Å². The average molecular weight is 145 g/mol. The van der Waals surface area contributed by atoms with Gasteiger partial charge in [-0.2, -0.15) is 0 Å². The number of likely N-dealkylation sites (N-methyl/N-ethyl adjacent to an activating group) is 1. The van der Waals surface area contributed by atoms with E-state index in [2.05, 4.69) is 32.7 Å². The minimum Gasteiger partial charge on any atom is -0.380 e. The molecule has 0 spiro atoms. The molecular weight excluding hydrogens is 126 g/mol. The Morgan fingerprint density at radius 1 is 1.30 bits per heavy atom. The Kier molecular flexibility index (Phi) is 4.65. The van der Waals surface area contributed by atoms with Crippen molar-refractivity contribution in [3.8, 4) is 0 Å². The molecule has 0 saturated heterocycles. The Hall–Kier alpha value is -0.0800. The third-order valence-corrected chi connectivity index (χ3v) is 1.83. The molecule has 0 aliphatic heterocycles. The van der Waals surface area contributed by atoms with Crippen molar-refractivity contribution >= 4 is 0 Å². The van der Waals surface area contributed by atoms with Gasteiger partial charge in [0.15, 0.2) is 0 Å². The Bertz CT molecular complexity index is 83.3. The molecule has 0 N–H and O–H groups in total. The second kappa shape index (κ2) is 4.69. The van der Waals surface area contributed by atoms with Gasteiger partial charge in [-0.15, -0.1) is 0 Å². The summed E-state index contributed by atoms with van der Waals surface area (Å²) in [4.78, 5) is 2.27. The third kappa shape index (κ3) is 3.85. The van der Waals surface area contributed by atoms with E-state index in [1.807, 2.05) is 0 Å². The lowest BCUT2D eigenvalue weighted by Gasteiger charge is -2.23. The first-order valence-corrected chi connectivity index (χ1v) is 3.81. The molecule has 2 heteroatoms. The highest BCUT2D eigenvalue weighted by molar-refractivity contribution is 4.60. The molecule has 0 aromatic rings. The van der Waals surface area contributed by atoms with E-state index < -0.39 is 0 Å². The smallest absolute Gasteiger partial charge is 0.0670 e. The first kappa shape index (κ1) is 9.92. The van der Waals surface area contributed by atoms with Gasteiger partial charge in [-0.3, -0.25) is 0 Å². The lowest BCUT2D eigenvalue weighted by Crippen LogP contribution is -2.33. The Morgan fingerprint density at radius 2 is 1.80 bits per heavy atom. The topological polar surface area (TPSA) is 12.5 Å². The van der Waals surface area contributed by atoms with Crippen molar-refractivity contribution in [2.24, 2.45) is 0 Å². The van der Waals surface area contributed by atoms with E-state index >= 15 is 0 Å². The van der Waals surface area contributed by atoms with Gasteiger partial charge in [-0.05, 0) is 27.8 Å². The van der Waals surface area contributed by atoms with E-state index in [-0.39, 0.29) is 0 Å². The van der Waals surface area contributed by atoms with Crippen LogP contribution in [0.25, 0.3) is 0 Å². The molecule has 0 heterocycles. The number of ether oxygens (including phenoxy) is 1. The zero-order chi connectivity index (χ0) is 8.15. The molecule has 0 fully saturated rings. The first-order valence-electron chi connectivity index (χ1n) is 3.81. The largest absolute Gasteiger partial charge is 0.380 e. The van der Waals surface area contributed by atoms with E-state index in [1.165, 1.54) is 0 Å². The maximum absolute atomic E-state index is 5.13. The molecule has 0 amide bonds. The zero-order valence-electron chi connectivity index (χ0n) is 7.72. The van der Waals surface area contributed by atoms with E-state index in [9.17, 15) is 0 Å². The molecule has 0 rings (SSSR count). The molecule has 0 aliphatic carbocycles. The van der Waals surface area contributed by atoms with Crippen molar-refractivity contribution in [3.63, 3.8) is 0 Å². The van der Waals surface area contributed by atoms with Crippen LogP contribution in [0.4, 0.5) is 0 Å². The van der Waals surface area contributed by atoms with Crippen LogP contribution in [-0.2, 0) is 4.74 Å². The van der Waals surface area contributed by atoms with Crippen LogP contribution in [0.5, 0.6) is 0 Å². The maximum Gasteiger partial charge on any atom is 0.0670 e. The Morgan fingerprint density at radius 3 is 2.10 bits per heavy atom. The molecule has 0 unspecified atom stereocenters. The Balaban J connectivity index is 3.46. The van der Waals surface area contributed by atoms with Crippen molar-refractivity contribution < 1.29 is 4.74 Å². The van der Waals surface area contributed by atoms with Crippen LogP contribution in [0.2, 0.25) is 0 Å². The van der Waals surface area contributed by atoms with Crippen molar-refractivity contribution in [3.05, 3.63) is 0 Å². The summed E-state index contributed by atoms with van der Waals surface area (Å²) in [6.45, 7) is 7.46. The molecule has 0 saturated carbocycles. The van der Waals surface area contributed by atoms with E-state index in [4.69, 9.17) is 4.74 Å². The van der Waals surface area contributed by atoms with Crippen LogP contribution in [0, 0.1) is 0 Å². The average Bonchev–Trinajstić information content (AvgIpc) is 1.87. The Labute approximate surface area is 64.2 Å². The van der Waals surface area contributed by atoms with Gasteiger partial charge in [0.05, 0.1) is 6.10 Å². The highest BCUT2D eigenvalue weighted by Crippen LogP contribution is 1.97. The van der Waals surface area contributed by atoms with Crippen LogP contribution in [0.1, 0.15) is 20.8 Å². The second-order valence-corrected chi connectivity index (χ2v) is 3.08. The summed E-state index contributed by atoms with van der Waals surface area (Å²) in [5.41, 5.74) is 0. The van der Waals surface area contributed by atoms with Gasteiger partial charge in [0, 0.05) is 19.7 Å². The predicted octanol–water partition coefficient (Wildman–Crippen LogP) is 1.36. The van der Waals surface area contributed by atoms with E-state index in [1.54, 1.807) is 7.11 Å². The predicted molar refractivity (Wildman–Crippen MR) is 44.2 cm³/mol. The molecule has 1 atom stereocenters. The van der Waals surface area contributed by atoms with Gasteiger partial charge in [0.25, 0.3) is 0 Å². The lowest BCUT2D eigenvalue weighted by molar-refractivity contribution is 0.0766. The number of rotatable bonds is 4. The van der Waals surface area contributed by atoms with Crippen LogP contribution < -0.4 is 0 Å². The van der Waals surface area contributed by atoms with E-state index in [0.717, 1.165) is 6.54 Å². The molecule has 0 aliphatic rings. The summed E-state index contributed by atoms with van der Waals surface area (Å²) in [5, 5.41) is 0.